The largest absolute Gasteiger partial charge is 0.287 e. The summed E-state index contributed by atoms with van der Waals surface area (Å²) in [5.74, 6) is 0.754. The zero-order valence-electron chi connectivity index (χ0n) is 27.5. The fraction of sp³-hybridized carbons (Fsp3) is 1.00. The van der Waals surface area contributed by atoms with Crippen molar-refractivity contribution in [1.29, 1.82) is 0 Å². The summed E-state index contributed by atoms with van der Waals surface area (Å²) in [6, 6.07) is 0.681. The summed E-state index contributed by atoms with van der Waals surface area (Å²) in [5, 5.41) is 9.94. The van der Waals surface area contributed by atoms with Crippen molar-refractivity contribution in [3.05, 3.63) is 0 Å². The van der Waals surface area contributed by atoms with Gasteiger partial charge in [-0.15, -0.1) is 0 Å². The molecule has 0 amide bonds. The maximum Gasteiger partial charge on any atom is 0.125 e. The molecule has 0 aromatic rings. The SMILES string of the molecule is CCCCNC(CCCCCCCCCCCN(NCC(CC)CCCC)NC1CCCC1)(NCC)N(C)C. The fourth-order valence-corrected chi connectivity index (χ4v) is 6.08. The number of hydrogen-bond donors (Lipinski definition) is 4. The molecule has 1 saturated carbocycles. The maximum absolute atomic E-state index is 3.83. The summed E-state index contributed by atoms with van der Waals surface area (Å²) in [6.45, 7) is 13.5. The molecule has 0 radical (unpaired) electrons. The van der Waals surface area contributed by atoms with E-state index < -0.39 is 0 Å². The second kappa shape index (κ2) is 24.4. The van der Waals surface area contributed by atoms with Gasteiger partial charge < -0.3 is 0 Å². The van der Waals surface area contributed by atoms with E-state index in [0.29, 0.717) is 6.04 Å². The van der Waals surface area contributed by atoms with Gasteiger partial charge in [0.2, 0.25) is 0 Å². The standard InChI is InChI=1S/C33H72N6/c1-7-11-24-31(9-3)30-36-39(37-32-25-20-21-26-32)29-23-19-17-15-13-14-16-18-22-27-33(34-10-4,38(5)6)35-28-12-8-2/h31-32,34-37H,7-30H2,1-6H3. The number of hydrogen-bond acceptors (Lipinski definition) is 6. The number of rotatable bonds is 28. The number of nitrogens with one attached hydrogen (secondary N) is 4. The van der Waals surface area contributed by atoms with E-state index in [4.69, 9.17) is 0 Å². The Balaban J connectivity index is 2.20. The van der Waals surface area contributed by atoms with Crippen molar-refractivity contribution in [1.82, 2.24) is 31.5 Å². The molecule has 6 nitrogen and oxygen atoms in total. The molecular weight excluding hydrogens is 480 g/mol. The Hall–Kier alpha value is -0.240. The third-order valence-corrected chi connectivity index (χ3v) is 8.91. The molecule has 0 aliphatic heterocycles. The molecule has 1 aliphatic rings. The molecule has 0 bridgehead atoms. The first-order valence-electron chi connectivity index (χ1n) is 17.5. The Kier molecular flexibility index (Phi) is 23.0. The first-order valence-corrected chi connectivity index (χ1v) is 17.5. The van der Waals surface area contributed by atoms with E-state index in [-0.39, 0.29) is 5.79 Å². The topological polar surface area (TPSA) is 54.6 Å². The van der Waals surface area contributed by atoms with E-state index in [9.17, 15) is 0 Å². The van der Waals surface area contributed by atoms with Crippen LogP contribution in [0.15, 0.2) is 0 Å². The van der Waals surface area contributed by atoms with E-state index in [2.05, 4.69) is 73.3 Å². The molecule has 1 rings (SSSR count). The normalized spacial score (nSPS) is 16.9. The molecule has 4 N–H and O–H groups in total. The number of unbranched alkanes of at least 4 members (excludes halogenated alkanes) is 10. The monoisotopic (exact) mass is 553 g/mol. The molecule has 6 heteroatoms. The minimum Gasteiger partial charge on any atom is -0.287 e. The van der Waals surface area contributed by atoms with Crippen LogP contribution in [0.2, 0.25) is 0 Å². The van der Waals surface area contributed by atoms with Gasteiger partial charge in [0.25, 0.3) is 0 Å². The number of hydrazine groups is 2. The van der Waals surface area contributed by atoms with Crippen molar-refractivity contribution in [2.24, 2.45) is 5.92 Å². The third kappa shape index (κ3) is 17.3. The Morgan fingerprint density at radius 3 is 1.92 bits per heavy atom. The molecule has 2 atom stereocenters. The molecule has 234 valence electrons. The van der Waals surface area contributed by atoms with Crippen LogP contribution in [0.1, 0.15) is 156 Å². The van der Waals surface area contributed by atoms with E-state index >= 15 is 0 Å². The fourth-order valence-electron chi connectivity index (χ4n) is 6.08. The lowest BCUT2D eigenvalue weighted by atomic mass is 10.00. The van der Waals surface area contributed by atoms with Crippen LogP contribution in [0.25, 0.3) is 0 Å². The molecule has 0 aromatic heterocycles. The summed E-state index contributed by atoms with van der Waals surface area (Å²) in [4.78, 5) is 2.35. The lowest BCUT2D eigenvalue weighted by Crippen LogP contribution is -2.65. The van der Waals surface area contributed by atoms with Crippen LogP contribution in [0.3, 0.4) is 0 Å². The van der Waals surface area contributed by atoms with Gasteiger partial charge in [-0.05, 0) is 78.0 Å². The molecule has 0 heterocycles. The predicted molar refractivity (Wildman–Crippen MR) is 173 cm³/mol. The Bertz CT molecular complexity index is 524. The Labute approximate surface area is 245 Å². The van der Waals surface area contributed by atoms with Gasteiger partial charge in [-0.1, -0.05) is 111 Å². The predicted octanol–water partition coefficient (Wildman–Crippen LogP) is 7.57. The first kappa shape index (κ1) is 36.8. The van der Waals surface area contributed by atoms with Crippen molar-refractivity contribution < 1.29 is 0 Å². The molecular formula is C33H72N6. The second-order valence-corrected chi connectivity index (χ2v) is 12.5. The molecule has 0 saturated heterocycles. The average Bonchev–Trinajstić information content (AvgIpc) is 3.44. The minimum absolute atomic E-state index is 0.0494. The van der Waals surface area contributed by atoms with Crippen LogP contribution in [0.5, 0.6) is 0 Å². The summed E-state index contributed by atoms with van der Waals surface area (Å²) in [6.07, 6.45) is 26.7. The zero-order valence-corrected chi connectivity index (χ0v) is 27.5. The molecule has 1 aliphatic carbocycles. The molecule has 39 heavy (non-hydrogen) atoms. The third-order valence-electron chi connectivity index (χ3n) is 8.91. The molecule has 0 spiro atoms. The van der Waals surface area contributed by atoms with Gasteiger partial charge in [0.15, 0.2) is 0 Å². The van der Waals surface area contributed by atoms with Gasteiger partial charge in [-0.3, -0.25) is 15.5 Å². The molecule has 1 fully saturated rings. The lowest BCUT2D eigenvalue weighted by molar-refractivity contribution is 0.0569. The highest BCUT2D eigenvalue weighted by Gasteiger charge is 2.30. The van der Waals surface area contributed by atoms with Gasteiger partial charge in [-0.25, -0.2) is 10.9 Å². The van der Waals surface area contributed by atoms with E-state index in [1.54, 1.807) is 0 Å². The lowest BCUT2D eigenvalue weighted by Gasteiger charge is -2.42. The Morgan fingerprint density at radius 2 is 1.36 bits per heavy atom. The van der Waals surface area contributed by atoms with Crippen LogP contribution in [-0.2, 0) is 0 Å². The van der Waals surface area contributed by atoms with Crippen LogP contribution < -0.4 is 21.5 Å². The van der Waals surface area contributed by atoms with Crippen molar-refractivity contribution in [3.63, 3.8) is 0 Å². The highest BCUT2D eigenvalue weighted by Crippen LogP contribution is 2.19. The maximum atomic E-state index is 3.83. The number of nitrogens with zero attached hydrogens (tertiary/aromatic N) is 2. The van der Waals surface area contributed by atoms with Gasteiger partial charge in [0, 0.05) is 19.1 Å². The average molecular weight is 553 g/mol. The van der Waals surface area contributed by atoms with Crippen molar-refractivity contribution in [2.45, 2.75) is 168 Å². The van der Waals surface area contributed by atoms with Crippen molar-refractivity contribution >= 4 is 0 Å². The summed E-state index contributed by atoms with van der Waals surface area (Å²) in [7, 11) is 4.41. The minimum atomic E-state index is -0.0494. The van der Waals surface area contributed by atoms with E-state index in [0.717, 1.165) is 32.1 Å². The van der Waals surface area contributed by atoms with Gasteiger partial charge >= 0.3 is 0 Å². The summed E-state index contributed by atoms with van der Waals surface area (Å²) < 4.78 is 0. The van der Waals surface area contributed by atoms with Crippen molar-refractivity contribution in [3.8, 4) is 0 Å². The van der Waals surface area contributed by atoms with Crippen LogP contribution >= 0.6 is 0 Å². The second-order valence-electron chi connectivity index (χ2n) is 12.5. The van der Waals surface area contributed by atoms with Gasteiger partial charge in [-0.2, -0.15) is 5.12 Å². The Morgan fingerprint density at radius 1 is 0.744 bits per heavy atom. The van der Waals surface area contributed by atoms with E-state index in [1.165, 1.54) is 128 Å². The summed E-state index contributed by atoms with van der Waals surface area (Å²) in [5.41, 5.74) is 7.62. The smallest absolute Gasteiger partial charge is 0.125 e. The first-order chi connectivity index (χ1) is 19.0. The highest BCUT2D eigenvalue weighted by atomic mass is 15.7. The van der Waals surface area contributed by atoms with Gasteiger partial charge in [0.05, 0.1) is 0 Å². The molecule has 2 unspecified atom stereocenters. The van der Waals surface area contributed by atoms with Crippen molar-refractivity contribution in [2.75, 3.05) is 40.3 Å². The summed E-state index contributed by atoms with van der Waals surface area (Å²) >= 11 is 0. The van der Waals surface area contributed by atoms with Crippen LogP contribution in [-0.4, -0.2) is 62.1 Å². The van der Waals surface area contributed by atoms with E-state index in [1.807, 2.05) is 0 Å². The van der Waals surface area contributed by atoms with Gasteiger partial charge in [0.1, 0.15) is 5.79 Å². The van der Waals surface area contributed by atoms with Crippen LogP contribution in [0.4, 0.5) is 0 Å². The van der Waals surface area contributed by atoms with Crippen LogP contribution in [0, 0.1) is 5.92 Å². The quantitative estimate of drug-likeness (QED) is 0.0456. The highest BCUT2D eigenvalue weighted by molar-refractivity contribution is 4.82. The molecule has 0 aromatic carbocycles. The zero-order chi connectivity index (χ0) is 28.6.